The Morgan fingerprint density at radius 1 is 1.33 bits per heavy atom. The third-order valence-corrected chi connectivity index (χ3v) is 5.79. The summed E-state index contributed by atoms with van der Waals surface area (Å²) in [5.41, 5.74) is 0.510. The summed E-state index contributed by atoms with van der Waals surface area (Å²) in [6.45, 7) is 4.37. The van der Waals surface area contributed by atoms with Crippen molar-refractivity contribution in [2.24, 2.45) is 7.05 Å². The van der Waals surface area contributed by atoms with Crippen LogP contribution in [0.2, 0.25) is 0 Å². The molecule has 3 amide bonds. The fourth-order valence-corrected chi connectivity index (χ4v) is 4.68. The molecule has 0 aliphatic carbocycles. The molecule has 1 aromatic heterocycles. The Hall–Kier alpha value is -2.05. The van der Waals surface area contributed by atoms with Crippen LogP contribution >= 0.6 is 0 Å². The Balaban J connectivity index is 1.55. The first kappa shape index (κ1) is 15.5. The second-order valence-electron chi connectivity index (χ2n) is 7.26. The predicted molar refractivity (Wildman–Crippen MR) is 89.6 cm³/mol. The highest BCUT2D eigenvalue weighted by atomic mass is 16.2. The van der Waals surface area contributed by atoms with Crippen LogP contribution in [0.3, 0.4) is 0 Å². The minimum atomic E-state index is -0.548. The summed E-state index contributed by atoms with van der Waals surface area (Å²) in [6, 6.07) is -0.0893. The van der Waals surface area contributed by atoms with Crippen molar-refractivity contribution in [3.8, 4) is 0 Å². The maximum atomic E-state index is 13.2. The van der Waals surface area contributed by atoms with Gasteiger partial charge in [0.1, 0.15) is 5.54 Å². The fraction of sp³-hybridized carbons (Fsp3) is 0.706. The van der Waals surface area contributed by atoms with E-state index in [1.807, 2.05) is 24.3 Å². The van der Waals surface area contributed by atoms with Crippen LogP contribution in [-0.2, 0) is 11.8 Å². The smallest absolute Gasteiger partial charge is 0.327 e. The van der Waals surface area contributed by atoms with E-state index < -0.39 is 5.54 Å². The number of carbonyl (C=O) groups excluding carboxylic acids is 2. The normalized spacial score (nSPS) is 29.9. The average molecular weight is 331 g/mol. The van der Waals surface area contributed by atoms with Crippen LogP contribution in [-0.4, -0.2) is 62.7 Å². The van der Waals surface area contributed by atoms with Crippen LogP contribution in [0, 0.1) is 0 Å². The lowest BCUT2D eigenvalue weighted by Crippen LogP contribution is -2.46. The number of fused-ring (bicyclic) bond motifs is 1. The molecule has 0 N–H and O–H groups in total. The first-order valence-corrected chi connectivity index (χ1v) is 8.95. The van der Waals surface area contributed by atoms with Crippen molar-refractivity contribution in [3.63, 3.8) is 0 Å². The van der Waals surface area contributed by atoms with E-state index in [2.05, 4.69) is 16.9 Å². The summed E-state index contributed by atoms with van der Waals surface area (Å²) in [6.07, 6.45) is 8.13. The quantitative estimate of drug-likeness (QED) is 0.786. The molecule has 0 unspecified atom stereocenters. The molecule has 4 rings (SSSR count). The third-order valence-electron chi connectivity index (χ3n) is 5.79. The van der Waals surface area contributed by atoms with Crippen LogP contribution < -0.4 is 4.90 Å². The van der Waals surface area contributed by atoms with Crippen molar-refractivity contribution in [2.75, 3.05) is 24.5 Å². The largest absolute Gasteiger partial charge is 0.367 e. The molecule has 0 spiro atoms. The van der Waals surface area contributed by atoms with Gasteiger partial charge in [-0.15, -0.1) is 0 Å². The Labute approximate surface area is 142 Å². The fourth-order valence-electron chi connectivity index (χ4n) is 4.68. The molecule has 4 heterocycles. The zero-order valence-corrected chi connectivity index (χ0v) is 14.4. The van der Waals surface area contributed by atoms with E-state index in [-0.39, 0.29) is 18.0 Å². The first-order valence-electron chi connectivity index (χ1n) is 8.95. The minimum absolute atomic E-state index is 0.0236. The number of rotatable bonds is 4. The van der Waals surface area contributed by atoms with Crippen molar-refractivity contribution >= 4 is 17.6 Å². The minimum Gasteiger partial charge on any atom is -0.367 e. The molecule has 7 heteroatoms. The molecule has 3 aliphatic heterocycles. The van der Waals surface area contributed by atoms with Gasteiger partial charge in [0.15, 0.2) is 0 Å². The van der Waals surface area contributed by atoms with E-state index in [4.69, 9.17) is 0 Å². The molecule has 3 saturated heterocycles. The molecule has 0 aromatic carbocycles. The number of hydrogen-bond acceptors (Lipinski definition) is 4. The number of anilines is 1. The van der Waals surface area contributed by atoms with Gasteiger partial charge in [0.2, 0.25) is 0 Å². The Kier molecular flexibility index (Phi) is 3.54. The molecular weight excluding hydrogens is 306 g/mol. The maximum Gasteiger partial charge on any atom is 0.327 e. The molecular formula is C17H25N5O2. The number of hydrogen-bond donors (Lipinski definition) is 0. The number of aryl methyl sites for hydroxylation is 1. The van der Waals surface area contributed by atoms with Crippen molar-refractivity contribution in [1.29, 1.82) is 0 Å². The van der Waals surface area contributed by atoms with Crippen molar-refractivity contribution in [2.45, 2.75) is 50.6 Å². The number of aromatic nitrogens is 2. The highest BCUT2D eigenvalue weighted by molar-refractivity contribution is 6.07. The lowest BCUT2D eigenvalue weighted by Gasteiger charge is -2.27. The lowest BCUT2D eigenvalue weighted by atomic mass is 9.90. The van der Waals surface area contributed by atoms with Gasteiger partial charge in [-0.1, -0.05) is 13.3 Å². The van der Waals surface area contributed by atoms with Crippen LogP contribution in [0.5, 0.6) is 0 Å². The summed E-state index contributed by atoms with van der Waals surface area (Å²) in [5.74, 6) is 0.0462. The second-order valence-corrected chi connectivity index (χ2v) is 7.26. The summed E-state index contributed by atoms with van der Waals surface area (Å²) < 4.78 is 1.78. The molecule has 0 bridgehead atoms. The Morgan fingerprint density at radius 2 is 2.17 bits per heavy atom. The zero-order chi connectivity index (χ0) is 16.9. The zero-order valence-electron chi connectivity index (χ0n) is 14.4. The summed E-state index contributed by atoms with van der Waals surface area (Å²) in [7, 11) is 1.90. The Bertz CT molecular complexity index is 672. The molecule has 0 radical (unpaired) electrons. The van der Waals surface area contributed by atoms with E-state index in [1.54, 1.807) is 9.58 Å². The molecule has 3 aliphatic rings. The van der Waals surface area contributed by atoms with Gasteiger partial charge < -0.3 is 9.80 Å². The van der Waals surface area contributed by atoms with Gasteiger partial charge in [0.05, 0.1) is 17.9 Å². The van der Waals surface area contributed by atoms with E-state index in [0.717, 1.165) is 50.9 Å². The number of carbonyl (C=O) groups is 2. The SMILES string of the molecule is CCC[C@@]12CCCN1C(=O)N([C@H]1CCN(c3cnn(C)c3)C1)C2=O. The molecule has 24 heavy (non-hydrogen) atoms. The van der Waals surface area contributed by atoms with Gasteiger partial charge in [0, 0.05) is 32.9 Å². The summed E-state index contributed by atoms with van der Waals surface area (Å²) >= 11 is 0. The molecule has 130 valence electrons. The van der Waals surface area contributed by atoms with Gasteiger partial charge in [-0.3, -0.25) is 14.4 Å². The van der Waals surface area contributed by atoms with Crippen LogP contribution in [0.1, 0.15) is 39.0 Å². The monoisotopic (exact) mass is 331 g/mol. The number of urea groups is 1. The maximum absolute atomic E-state index is 13.2. The van der Waals surface area contributed by atoms with Crippen molar-refractivity contribution in [3.05, 3.63) is 12.4 Å². The molecule has 1 aromatic rings. The highest BCUT2D eigenvalue weighted by Crippen LogP contribution is 2.42. The topological polar surface area (TPSA) is 61.7 Å². The van der Waals surface area contributed by atoms with Gasteiger partial charge in [0.25, 0.3) is 5.91 Å². The van der Waals surface area contributed by atoms with Crippen LogP contribution in [0.4, 0.5) is 10.5 Å². The number of imide groups is 1. The van der Waals surface area contributed by atoms with Crippen LogP contribution in [0.25, 0.3) is 0 Å². The summed E-state index contributed by atoms with van der Waals surface area (Å²) in [4.78, 5) is 31.7. The Morgan fingerprint density at radius 3 is 2.88 bits per heavy atom. The summed E-state index contributed by atoms with van der Waals surface area (Å²) in [5, 5.41) is 4.21. The first-order chi connectivity index (χ1) is 11.6. The van der Waals surface area contributed by atoms with Gasteiger partial charge in [-0.2, -0.15) is 5.10 Å². The van der Waals surface area contributed by atoms with Gasteiger partial charge in [-0.05, 0) is 25.7 Å². The number of nitrogens with zero attached hydrogens (tertiary/aromatic N) is 5. The average Bonchev–Trinajstić information content (AvgIpc) is 3.28. The standard InChI is InChI=1S/C17H25N5O2/c1-3-6-17-7-4-8-21(17)16(24)22(15(17)23)13-5-9-20(12-13)14-10-18-19(2)11-14/h10-11,13H,3-9,12H2,1-2H3/t13-,17-/m0/s1. The van der Waals surface area contributed by atoms with E-state index >= 15 is 0 Å². The predicted octanol–water partition coefficient (Wildman–Crippen LogP) is 1.60. The van der Waals surface area contributed by atoms with E-state index in [1.165, 1.54) is 0 Å². The highest BCUT2D eigenvalue weighted by Gasteiger charge is 2.60. The molecule has 7 nitrogen and oxygen atoms in total. The molecule has 0 saturated carbocycles. The van der Waals surface area contributed by atoms with Crippen molar-refractivity contribution < 1.29 is 9.59 Å². The lowest BCUT2D eigenvalue weighted by molar-refractivity contribution is -0.134. The van der Waals surface area contributed by atoms with E-state index in [0.29, 0.717) is 6.54 Å². The third kappa shape index (κ3) is 2.06. The van der Waals surface area contributed by atoms with E-state index in [9.17, 15) is 9.59 Å². The van der Waals surface area contributed by atoms with Crippen molar-refractivity contribution in [1.82, 2.24) is 19.6 Å². The number of amides is 3. The van der Waals surface area contributed by atoms with Gasteiger partial charge >= 0.3 is 6.03 Å². The molecule has 3 fully saturated rings. The van der Waals surface area contributed by atoms with Gasteiger partial charge in [-0.25, -0.2) is 4.79 Å². The molecule has 2 atom stereocenters. The van der Waals surface area contributed by atoms with Crippen LogP contribution in [0.15, 0.2) is 12.4 Å². The second kappa shape index (κ2) is 5.50.